The highest BCUT2D eigenvalue weighted by Crippen LogP contribution is 2.34. The molecule has 5 nitrogen and oxygen atoms in total. The Hall–Kier alpha value is -2.18. The number of Topliss-reactive ketones (excluding diaryl/α,β-unsaturated/α-hetero) is 1. The number of nitrogens with zero attached hydrogens (tertiary/aromatic N) is 1. The minimum Gasteiger partial charge on any atom is -0.497 e. The zero-order valence-electron chi connectivity index (χ0n) is 16.0. The molecule has 2 aromatic rings. The van der Waals surface area contributed by atoms with Crippen LogP contribution in [-0.2, 0) is 11.5 Å². The number of allylic oxidation sites excluding steroid dienone is 2. The summed E-state index contributed by atoms with van der Waals surface area (Å²) in [7, 11) is 0.403. The Kier molecular flexibility index (Phi) is 4.90. The third kappa shape index (κ3) is 3.39. The van der Waals surface area contributed by atoms with Crippen molar-refractivity contribution < 1.29 is 19.1 Å². The summed E-state index contributed by atoms with van der Waals surface area (Å²) in [5.41, 5.74) is 2.14. The van der Waals surface area contributed by atoms with Crippen molar-refractivity contribution in [2.45, 2.75) is 39.3 Å². The summed E-state index contributed by atoms with van der Waals surface area (Å²) in [5.74, 6) is 0.428. The Bertz CT molecular complexity index is 918. The van der Waals surface area contributed by atoms with Crippen molar-refractivity contribution in [1.29, 1.82) is 0 Å². The van der Waals surface area contributed by atoms with E-state index in [1.165, 1.54) is 6.08 Å². The molecule has 1 heterocycles. The molecule has 0 amide bonds. The molecule has 0 atom stereocenters. The van der Waals surface area contributed by atoms with Gasteiger partial charge in [-0.25, -0.2) is 0 Å². The lowest BCUT2D eigenvalue weighted by molar-refractivity contribution is 0.0834. The Morgan fingerprint density at radius 1 is 1.15 bits per heavy atom. The summed E-state index contributed by atoms with van der Waals surface area (Å²) in [4.78, 5) is 25.4. The molecule has 1 aliphatic carbocycles. The molecular weight excluding hydrogens is 346 g/mol. The van der Waals surface area contributed by atoms with E-state index in [4.69, 9.17) is 9.47 Å². The summed E-state index contributed by atoms with van der Waals surface area (Å²) in [6.45, 7) is 9.46. The van der Waals surface area contributed by atoms with Crippen LogP contribution < -0.4 is 4.74 Å². The van der Waals surface area contributed by atoms with Gasteiger partial charge in [-0.2, -0.15) is 0 Å². The highest BCUT2D eigenvalue weighted by Gasteiger charge is 2.31. The average molecular weight is 372 g/mol. The molecule has 6 heteroatoms. The van der Waals surface area contributed by atoms with Crippen molar-refractivity contribution in [3.05, 3.63) is 41.1 Å². The molecule has 26 heavy (non-hydrogen) atoms. The molecule has 0 aliphatic heterocycles. The van der Waals surface area contributed by atoms with Crippen LogP contribution in [0.3, 0.4) is 0 Å². The summed E-state index contributed by atoms with van der Waals surface area (Å²) < 4.78 is 13.0. The van der Waals surface area contributed by atoms with Crippen LogP contribution in [0.4, 0.5) is 0 Å². The molecule has 1 aliphatic rings. The number of carbonyl (C=O) groups is 2. The minimum absolute atomic E-state index is 0.101. The summed E-state index contributed by atoms with van der Waals surface area (Å²) in [6.07, 6.45) is 1.42. The molecular formula is C20H25NO4Si. The molecule has 0 bridgehead atoms. The second-order valence-corrected chi connectivity index (χ2v) is 13.5. The Labute approximate surface area is 154 Å². The topological polar surface area (TPSA) is 57.5 Å². The number of methoxy groups -OCH3 is 1. The van der Waals surface area contributed by atoms with Gasteiger partial charge >= 0.3 is 0 Å². The van der Waals surface area contributed by atoms with Gasteiger partial charge < -0.3 is 14.0 Å². The number of ether oxygens (including phenoxy) is 2. The van der Waals surface area contributed by atoms with E-state index in [9.17, 15) is 9.59 Å². The van der Waals surface area contributed by atoms with Gasteiger partial charge in [-0.3, -0.25) is 9.59 Å². The highest BCUT2D eigenvalue weighted by atomic mass is 28.3. The molecule has 3 rings (SSSR count). The van der Waals surface area contributed by atoms with E-state index in [0.29, 0.717) is 29.2 Å². The molecule has 0 saturated carbocycles. The minimum atomic E-state index is -1.19. The zero-order chi connectivity index (χ0) is 19.1. The second-order valence-electron chi connectivity index (χ2n) is 7.90. The largest absolute Gasteiger partial charge is 0.497 e. The van der Waals surface area contributed by atoms with Crippen LogP contribution in [0.1, 0.15) is 27.8 Å². The van der Waals surface area contributed by atoms with E-state index >= 15 is 0 Å². The van der Waals surface area contributed by atoms with Crippen LogP contribution in [0.2, 0.25) is 25.7 Å². The van der Waals surface area contributed by atoms with Gasteiger partial charge in [-0.1, -0.05) is 19.6 Å². The number of rotatable bonds is 6. The van der Waals surface area contributed by atoms with E-state index in [2.05, 4.69) is 19.6 Å². The van der Waals surface area contributed by atoms with Gasteiger partial charge in [0, 0.05) is 31.7 Å². The fourth-order valence-corrected chi connectivity index (χ4v) is 3.89. The average Bonchev–Trinajstić information content (AvgIpc) is 2.90. The molecule has 0 spiro atoms. The number of hydrogen-bond donors (Lipinski definition) is 0. The number of benzene rings is 1. The van der Waals surface area contributed by atoms with Crippen molar-refractivity contribution in [2.24, 2.45) is 0 Å². The van der Waals surface area contributed by atoms with Gasteiger partial charge in [-0.15, -0.1) is 0 Å². The van der Waals surface area contributed by atoms with Crippen molar-refractivity contribution in [2.75, 3.05) is 13.7 Å². The van der Waals surface area contributed by atoms with E-state index in [1.807, 2.05) is 18.2 Å². The second kappa shape index (κ2) is 6.85. The first-order valence-electron chi connectivity index (χ1n) is 8.78. The summed E-state index contributed by atoms with van der Waals surface area (Å²) in [6, 6.07) is 6.55. The molecule has 0 unspecified atom stereocenters. The van der Waals surface area contributed by atoms with E-state index in [1.54, 1.807) is 18.6 Å². The lowest BCUT2D eigenvalue weighted by Crippen LogP contribution is -2.23. The first-order valence-corrected chi connectivity index (χ1v) is 12.5. The van der Waals surface area contributed by atoms with Crippen molar-refractivity contribution in [1.82, 2.24) is 4.57 Å². The Balaban J connectivity index is 2.05. The molecule has 0 saturated heterocycles. The molecule has 0 radical (unpaired) electrons. The van der Waals surface area contributed by atoms with E-state index in [-0.39, 0.29) is 18.3 Å². The third-order valence-electron chi connectivity index (χ3n) is 4.65. The molecule has 0 fully saturated rings. The molecule has 0 N–H and O–H groups in total. The quantitative estimate of drug-likeness (QED) is 0.561. The monoisotopic (exact) mass is 371 g/mol. The van der Waals surface area contributed by atoms with Crippen LogP contribution in [0.25, 0.3) is 10.9 Å². The fourth-order valence-electron chi connectivity index (χ4n) is 3.14. The van der Waals surface area contributed by atoms with E-state index in [0.717, 1.165) is 16.9 Å². The standard InChI is InChI=1S/C20H25NO4Si/c1-13-10-17(22)19-18(20(13)23)15-7-6-14(24-2)11-16(15)21(19)12-25-8-9-26(3,4)5/h6-7,10-11H,8-9,12H2,1-5H3. The number of hydrogen-bond acceptors (Lipinski definition) is 4. The molecule has 138 valence electrons. The zero-order valence-corrected chi connectivity index (χ0v) is 17.0. The van der Waals surface area contributed by atoms with Crippen molar-refractivity contribution in [3.63, 3.8) is 0 Å². The van der Waals surface area contributed by atoms with Crippen LogP contribution in [-0.4, -0.2) is 37.9 Å². The lowest BCUT2D eigenvalue weighted by atomic mass is 9.93. The van der Waals surface area contributed by atoms with Gasteiger partial charge in [0.15, 0.2) is 5.78 Å². The maximum absolute atomic E-state index is 12.7. The SMILES string of the molecule is COc1ccc2c3c(n(COCC[Si](C)(C)C)c2c1)C(=O)C=C(C)C3=O. The number of fused-ring (bicyclic) bond motifs is 3. The molecule has 1 aromatic heterocycles. The van der Waals surface area contributed by atoms with Crippen molar-refractivity contribution in [3.8, 4) is 5.75 Å². The van der Waals surface area contributed by atoms with Crippen LogP contribution in [0, 0.1) is 0 Å². The van der Waals surface area contributed by atoms with Crippen LogP contribution >= 0.6 is 0 Å². The summed E-state index contributed by atoms with van der Waals surface area (Å²) >= 11 is 0. The third-order valence-corrected chi connectivity index (χ3v) is 6.36. The van der Waals surface area contributed by atoms with Crippen LogP contribution in [0.5, 0.6) is 5.75 Å². The number of aromatic nitrogens is 1. The van der Waals surface area contributed by atoms with Gasteiger partial charge in [0.25, 0.3) is 0 Å². The maximum Gasteiger partial charge on any atom is 0.203 e. The van der Waals surface area contributed by atoms with Gasteiger partial charge in [0.2, 0.25) is 5.78 Å². The predicted molar refractivity (Wildman–Crippen MR) is 105 cm³/mol. The number of ketones is 2. The highest BCUT2D eigenvalue weighted by molar-refractivity contribution is 6.76. The van der Waals surface area contributed by atoms with E-state index < -0.39 is 8.07 Å². The normalized spacial score (nSPS) is 14.6. The maximum atomic E-state index is 12.7. The lowest BCUT2D eigenvalue weighted by Gasteiger charge is -2.17. The first-order chi connectivity index (χ1) is 12.2. The molecule has 1 aromatic carbocycles. The Morgan fingerprint density at radius 2 is 1.88 bits per heavy atom. The van der Waals surface area contributed by atoms with Crippen LogP contribution in [0.15, 0.2) is 29.8 Å². The summed E-state index contributed by atoms with van der Waals surface area (Å²) in [5, 5.41) is 0.764. The smallest absolute Gasteiger partial charge is 0.203 e. The van der Waals surface area contributed by atoms with Gasteiger partial charge in [0.05, 0.1) is 18.2 Å². The van der Waals surface area contributed by atoms with Crippen molar-refractivity contribution >= 4 is 30.5 Å². The predicted octanol–water partition coefficient (Wildman–Crippen LogP) is 4.29. The van der Waals surface area contributed by atoms with Gasteiger partial charge in [-0.05, 0) is 31.2 Å². The first kappa shape index (κ1) is 18.6. The number of carbonyl (C=O) groups excluding carboxylic acids is 2. The Morgan fingerprint density at radius 3 is 2.54 bits per heavy atom. The van der Waals surface area contributed by atoms with Gasteiger partial charge in [0.1, 0.15) is 18.2 Å². The fraction of sp³-hybridized carbons (Fsp3) is 0.400.